The van der Waals surface area contributed by atoms with Crippen LogP contribution in [0.1, 0.15) is 296 Å². The van der Waals surface area contributed by atoms with Crippen LogP contribution in [0.3, 0.4) is 0 Å². The second-order valence-electron chi connectivity index (χ2n) is 25.9. The lowest BCUT2D eigenvalue weighted by atomic mass is 10.0. The molecule has 0 aliphatic carbocycles. The number of rotatable bonds is 68. The first-order valence-electron chi connectivity index (χ1n) is 37.6. The number of quaternary nitrogens is 1. The summed E-state index contributed by atoms with van der Waals surface area (Å²) in [4.78, 5) is 37.7. The van der Waals surface area contributed by atoms with E-state index in [2.05, 4.69) is 172 Å². The Bertz CT molecular complexity index is 2090. The van der Waals surface area contributed by atoms with Crippen molar-refractivity contribution in [3.05, 3.63) is 158 Å². The van der Waals surface area contributed by atoms with Gasteiger partial charge in [-0.2, -0.15) is 0 Å². The summed E-state index contributed by atoms with van der Waals surface area (Å²) >= 11 is 0. The number of unbranched alkanes of at least 4 members (excludes halogenated alkanes) is 27. The molecule has 93 heavy (non-hydrogen) atoms. The quantitative estimate of drug-likeness (QED) is 0.0211. The number of allylic oxidation sites excluding steroid dienone is 26. The van der Waals surface area contributed by atoms with E-state index in [9.17, 15) is 19.5 Å². The van der Waals surface area contributed by atoms with E-state index in [0.717, 1.165) is 122 Å². The van der Waals surface area contributed by atoms with Crippen LogP contribution in [0.15, 0.2) is 158 Å². The average molecular weight is 1290 g/mol. The fraction of sp³-hybridized carbons (Fsp3) is 0.655. The SMILES string of the molecule is CC/C=C\C/C=C\C/C=C\C/C=C\C/C=C\C/C=C\C/C=C\C/C=C\C/C=C\C/C=C\CCCCCCCCCCC(=O)OC(COC(=O)CCCCCCCCCCCCCCCC/C=C\C/C=C\C/C=C\CCCCCCC)COC(OCC[N+](C)(C)C)C(=O)O. The van der Waals surface area contributed by atoms with Crippen molar-refractivity contribution < 1.29 is 42.9 Å². The predicted molar refractivity (Wildman–Crippen MR) is 400 cm³/mol. The van der Waals surface area contributed by atoms with E-state index in [1.807, 2.05) is 21.1 Å². The van der Waals surface area contributed by atoms with Gasteiger partial charge in [-0.05, 0) is 128 Å². The zero-order valence-corrected chi connectivity index (χ0v) is 60.4. The summed E-state index contributed by atoms with van der Waals surface area (Å²) in [6.07, 6.45) is 105. The molecule has 2 atom stereocenters. The molecular weight excluding hydrogens is 1150 g/mol. The molecule has 9 nitrogen and oxygen atoms in total. The highest BCUT2D eigenvalue weighted by atomic mass is 16.7. The lowest BCUT2D eigenvalue weighted by Gasteiger charge is -2.25. The molecule has 0 radical (unpaired) electrons. The Morgan fingerprint density at radius 2 is 0.613 bits per heavy atom. The number of carbonyl (C=O) groups excluding carboxylic acids is 2. The lowest BCUT2D eigenvalue weighted by Crippen LogP contribution is -2.40. The first-order valence-corrected chi connectivity index (χ1v) is 37.6. The van der Waals surface area contributed by atoms with E-state index in [1.54, 1.807) is 0 Å². The number of carboxylic acids is 1. The summed E-state index contributed by atoms with van der Waals surface area (Å²) in [6.45, 7) is 4.75. The Labute approximate surface area is 572 Å². The maximum absolute atomic E-state index is 13.0. The fourth-order valence-electron chi connectivity index (χ4n) is 10.1. The van der Waals surface area contributed by atoms with Gasteiger partial charge in [-0.25, -0.2) is 4.79 Å². The number of aliphatic carboxylic acids is 1. The van der Waals surface area contributed by atoms with Crippen molar-refractivity contribution in [2.45, 2.75) is 309 Å². The molecule has 0 aromatic rings. The summed E-state index contributed by atoms with van der Waals surface area (Å²) in [6, 6.07) is 0. The zero-order chi connectivity index (χ0) is 67.5. The van der Waals surface area contributed by atoms with Crippen LogP contribution in [0.2, 0.25) is 0 Å². The van der Waals surface area contributed by atoms with Gasteiger partial charge in [0.25, 0.3) is 6.29 Å². The third kappa shape index (κ3) is 74.2. The fourth-order valence-corrected chi connectivity index (χ4v) is 10.1. The van der Waals surface area contributed by atoms with E-state index >= 15 is 0 Å². The summed E-state index contributed by atoms with van der Waals surface area (Å²) in [5.74, 6) is -2.02. The minimum absolute atomic E-state index is 0.179. The van der Waals surface area contributed by atoms with E-state index in [-0.39, 0.29) is 32.2 Å². The molecule has 0 aromatic heterocycles. The molecular formula is C84H140NO8+. The Morgan fingerprint density at radius 3 is 0.914 bits per heavy atom. The van der Waals surface area contributed by atoms with Crippen LogP contribution in [0.4, 0.5) is 0 Å². The van der Waals surface area contributed by atoms with Crippen molar-refractivity contribution in [2.24, 2.45) is 0 Å². The van der Waals surface area contributed by atoms with E-state index in [1.165, 1.54) is 141 Å². The number of carboxylic acid groups (broad SMARTS) is 1. The van der Waals surface area contributed by atoms with Crippen LogP contribution in [0, 0.1) is 0 Å². The minimum Gasteiger partial charge on any atom is -0.477 e. The second-order valence-corrected chi connectivity index (χ2v) is 25.9. The van der Waals surface area contributed by atoms with Gasteiger partial charge >= 0.3 is 17.9 Å². The molecule has 0 amide bonds. The van der Waals surface area contributed by atoms with Crippen LogP contribution in [0.5, 0.6) is 0 Å². The maximum Gasteiger partial charge on any atom is 0.361 e. The summed E-state index contributed by atoms with van der Waals surface area (Å²) in [7, 11) is 5.97. The average Bonchev–Trinajstić information content (AvgIpc) is 3.38. The van der Waals surface area contributed by atoms with Crippen molar-refractivity contribution in [1.29, 1.82) is 0 Å². The van der Waals surface area contributed by atoms with Crippen molar-refractivity contribution in [3.8, 4) is 0 Å². The molecule has 0 saturated heterocycles. The molecule has 0 aliphatic heterocycles. The van der Waals surface area contributed by atoms with Crippen molar-refractivity contribution >= 4 is 17.9 Å². The molecule has 2 unspecified atom stereocenters. The van der Waals surface area contributed by atoms with E-state index in [4.69, 9.17) is 18.9 Å². The summed E-state index contributed by atoms with van der Waals surface area (Å²) in [5.41, 5.74) is 0. The Kier molecular flexibility index (Phi) is 68.8. The largest absolute Gasteiger partial charge is 0.477 e. The number of carbonyl (C=O) groups is 3. The number of esters is 2. The Morgan fingerprint density at radius 1 is 0.333 bits per heavy atom. The minimum atomic E-state index is -1.52. The first kappa shape index (κ1) is 87.9. The third-order valence-corrected chi connectivity index (χ3v) is 15.8. The van der Waals surface area contributed by atoms with Gasteiger partial charge < -0.3 is 28.5 Å². The number of hydrogen-bond acceptors (Lipinski definition) is 7. The molecule has 0 rings (SSSR count). The van der Waals surface area contributed by atoms with Crippen molar-refractivity contribution in [2.75, 3.05) is 47.5 Å². The van der Waals surface area contributed by atoms with Gasteiger partial charge in [0.15, 0.2) is 6.10 Å². The highest BCUT2D eigenvalue weighted by Crippen LogP contribution is 2.17. The smallest absolute Gasteiger partial charge is 0.361 e. The molecule has 0 saturated carbocycles. The van der Waals surface area contributed by atoms with Gasteiger partial charge in [0.1, 0.15) is 13.2 Å². The Hall–Kier alpha value is -5.09. The van der Waals surface area contributed by atoms with Crippen LogP contribution in [0.25, 0.3) is 0 Å². The van der Waals surface area contributed by atoms with Gasteiger partial charge in [0.2, 0.25) is 0 Å². The molecule has 9 heteroatoms. The number of hydrogen-bond donors (Lipinski definition) is 1. The Balaban J connectivity index is 4.16. The molecule has 0 fully saturated rings. The summed E-state index contributed by atoms with van der Waals surface area (Å²) < 4.78 is 23.0. The number of ether oxygens (including phenoxy) is 4. The number of likely N-dealkylation sites (N-methyl/N-ethyl adjacent to an activating group) is 1. The van der Waals surface area contributed by atoms with Gasteiger partial charge in [0.05, 0.1) is 34.4 Å². The standard InChI is InChI=1S/C84H139NO8/c1-6-8-10-12-14-16-18-20-22-24-26-28-30-32-34-36-37-38-39-40-41-42-43-44-45-47-49-51-53-55-57-59-61-63-65-67-69-71-73-75-82(87)93-80(79-92-84(83(88)89)90-77-76-85(3,4)5)78-91-81(86)74-72-70-68-66-64-62-60-58-56-54-52-50-48-46-35-33-31-29-27-25-23-21-19-17-15-13-11-9-7-2/h8,10,14,16,19-22,25-28,31-34,37-38,40-41,43-44,47,49,53,55,80,84H,6-7,9,11-13,15,17-18,23-24,29-30,35-36,39,42,45-46,48,50-52,54,56-79H2,1-5H3/p+1/b10-8-,16-14-,21-19-,22-20-,27-25-,28-26-,33-31-,34-32-,38-37-,41-40-,44-43-,49-47-,55-53-. The first-order chi connectivity index (χ1) is 45.6. The molecule has 0 heterocycles. The third-order valence-electron chi connectivity index (χ3n) is 15.8. The predicted octanol–water partition coefficient (Wildman–Crippen LogP) is 24.0. The van der Waals surface area contributed by atoms with Crippen LogP contribution >= 0.6 is 0 Å². The highest BCUT2D eigenvalue weighted by Gasteiger charge is 2.25. The van der Waals surface area contributed by atoms with Crippen molar-refractivity contribution in [3.63, 3.8) is 0 Å². The molecule has 0 aliphatic rings. The number of nitrogens with zero attached hydrogens (tertiary/aromatic N) is 1. The van der Waals surface area contributed by atoms with Gasteiger partial charge in [0, 0.05) is 12.8 Å². The van der Waals surface area contributed by atoms with Gasteiger partial charge in [-0.15, -0.1) is 0 Å². The molecule has 0 spiro atoms. The highest BCUT2D eigenvalue weighted by molar-refractivity contribution is 5.71. The van der Waals surface area contributed by atoms with Gasteiger partial charge in [-0.1, -0.05) is 313 Å². The normalized spacial score (nSPS) is 13.6. The van der Waals surface area contributed by atoms with E-state index in [0.29, 0.717) is 23.9 Å². The second kappa shape index (κ2) is 72.7. The monoisotopic (exact) mass is 1290 g/mol. The molecule has 1 N–H and O–H groups in total. The lowest BCUT2D eigenvalue weighted by molar-refractivity contribution is -0.870. The maximum atomic E-state index is 13.0. The van der Waals surface area contributed by atoms with Crippen molar-refractivity contribution in [1.82, 2.24) is 0 Å². The zero-order valence-electron chi connectivity index (χ0n) is 60.4. The van der Waals surface area contributed by atoms with Crippen LogP contribution < -0.4 is 0 Å². The van der Waals surface area contributed by atoms with E-state index < -0.39 is 24.3 Å². The van der Waals surface area contributed by atoms with Crippen LogP contribution in [-0.4, -0.2) is 87.4 Å². The van der Waals surface area contributed by atoms with Crippen LogP contribution in [-0.2, 0) is 33.3 Å². The molecule has 0 bridgehead atoms. The topological polar surface area (TPSA) is 108 Å². The molecule has 528 valence electrons. The summed E-state index contributed by atoms with van der Waals surface area (Å²) in [5, 5.41) is 9.76. The molecule has 0 aromatic carbocycles. The van der Waals surface area contributed by atoms with Gasteiger partial charge in [-0.3, -0.25) is 9.59 Å².